The number of aromatic nitrogens is 2. The molecule has 1 N–H and O–H groups in total. The minimum atomic E-state index is -0.355. The SMILES string of the molecule is CCC(=O)N(c1nnc(SC(CC)C(=O)Nc2ccc(F)cc2)s1)C1CC1. The lowest BCUT2D eigenvalue weighted by Gasteiger charge is -2.17. The fraction of sp³-hybridized carbons (Fsp3) is 0.444. The van der Waals surface area contributed by atoms with Crippen molar-refractivity contribution in [3.63, 3.8) is 0 Å². The molecular weight excluding hydrogens is 387 g/mol. The summed E-state index contributed by atoms with van der Waals surface area (Å²) in [5.41, 5.74) is 0.548. The highest BCUT2D eigenvalue weighted by molar-refractivity contribution is 8.02. The Morgan fingerprint density at radius 3 is 2.59 bits per heavy atom. The Balaban J connectivity index is 1.65. The maximum Gasteiger partial charge on any atom is 0.237 e. The van der Waals surface area contributed by atoms with Crippen LogP contribution >= 0.6 is 23.1 Å². The highest BCUT2D eigenvalue weighted by Crippen LogP contribution is 2.37. The number of nitrogens with zero attached hydrogens (tertiary/aromatic N) is 3. The molecule has 0 spiro atoms. The third kappa shape index (κ3) is 5.04. The van der Waals surface area contributed by atoms with Crippen molar-refractivity contribution < 1.29 is 14.0 Å². The average Bonchev–Trinajstić information content (AvgIpc) is 3.39. The van der Waals surface area contributed by atoms with Crippen LogP contribution in [-0.4, -0.2) is 33.3 Å². The molecule has 27 heavy (non-hydrogen) atoms. The molecule has 2 amide bonds. The van der Waals surface area contributed by atoms with Crippen molar-refractivity contribution in [3.05, 3.63) is 30.1 Å². The van der Waals surface area contributed by atoms with E-state index in [0.29, 0.717) is 28.0 Å². The van der Waals surface area contributed by atoms with Crippen LogP contribution in [0, 0.1) is 5.82 Å². The molecule has 6 nitrogen and oxygen atoms in total. The first-order valence-electron chi connectivity index (χ1n) is 8.90. The Morgan fingerprint density at radius 1 is 1.30 bits per heavy atom. The second-order valence-corrected chi connectivity index (χ2v) is 8.62. The molecule has 1 fully saturated rings. The average molecular weight is 409 g/mol. The number of halogens is 1. The molecule has 1 saturated carbocycles. The van der Waals surface area contributed by atoms with E-state index < -0.39 is 0 Å². The van der Waals surface area contributed by atoms with Crippen LogP contribution in [0.2, 0.25) is 0 Å². The highest BCUT2D eigenvalue weighted by Gasteiger charge is 2.35. The molecule has 3 rings (SSSR count). The van der Waals surface area contributed by atoms with Gasteiger partial charge in [0.1, 0.15) is 5.82 Å². The topological polar surface area (TPSA) is 75.2 Å². The summed E-state index contributed by atoms with van der Waals surface area (Å²) in [7, 11) is 0. The first-order chi connectivity index (χ1) is 13.0. The van der Waals surface area contributed by atoms with Gasteiger partial charge in [-0.15, -0.1) is 10.2 Å². The molecule has 1 aliphatic carbocycles. The Labute approximate surface area is 165 Å². The molecule has 1 atom stereocenters. The lowest BCUT2D eigenvalue weighted by Crippen LogP contribution is -2.32. The van der Waals surface area contributed by atoms with E-state index in [2.05, 4.69) is 15.5 Å². The summed E-state index contributed by atoms with van der Waals surface area (Å²) in [5.74, 6) is -0.474. The molecule has 1 unspecified atom stereocenters. The Hall–Kier alpha value is -2.00. The Bertz CT molecular complexity index is 808. The zero-order valence-electron chi connectivity index (χ0n) is 15.1. The van der Waals surface area contributed by atoms with E-state index in [1.807, 2.05) is 13.8 Å². The third-order valence-electron chi connectivity index (χ3n) is 4.10. The van der Waals surface area contributed by atoms with Crippen LogP contribution in [0.4, 0.5) is 15.2 Å². The van der Waals surface area contributed by atoms with Crippen molar-refractivity contribution in [2.45, 2.75) is 55.2 Å². The summed E-state index contributed by atoms with van der Waals surface area (Å²) in [6, 6.07) is 5.89. The third-order valence-corrected chi connectivity index (χ3v) is 6.47. The summed E-state index contributed by atoms with van der Waals surface area (Å²) in [6.45, 7) is 3.75. The second kappa shape index (κ2) is 8.79. The number of benzene rings is 1. The van der Waals surface area contributed by atoms with Crippen molar-refractivity contribution >= 4 is 45.7 Å². The normalized spacial score (nSPS) is 14.6. The molecule has 0 aliphatic heterocycles. The largest absolute Gasteiger partial charge is 0.325 e. The molecule has 1 aliphatic rings. The number of hydrogen-bond acceptors (Lipinski definition) is 6. The predicted octanol–water partition coefficient (Wildman–Crippen LogP) is 4.09. The van der Waals surface area contributed by atoms with Crippen molar-refractivity contribution in [3.8, 4) is 0 Å². The first-order valence-corrected chi connectivity index (χ1v) is 10.6. The Morgan fingerprint density at radius 2 is 2.00 bits per heavy atom. The Kier molecular flexibility index (Phi) is 6.43. The molecule has 0 bridgehead atoms. The van der Waals surface area contributed by atoms with E-state index in [4.69, 9.17) is 0 Å². The van der Waals surface area contributed by atoms with E-state index in [-0.39, 0.29) is 28.9 Å². The lowest BCUT2D eigenvalue weighted by atomic mass is 10.2. The number of amides is 2. The highest BCUT2D eigenvalue weighted by atomic mass is 32.2. The summed E-state index contributed by atoms with van der Waals surface area (Å²) >= 11 is 2.67. The number of hydrogen-bond donors (Lipinski definition) is 1. The molecule has 1 heterocycles. The van der Waals surface area contributed by atoms with Crippen LogP contribution in [0.15, 0.2) is 28.6 Å². The number of anilines is 2. The summed E-state index contributed by atoms with van der Waals surface area (Å²) in [5, 5.41) is 11.4. The van der Waals surface area contributed by atoms with Crippen LogP contribution in [0.25, 0.3) is 0 Å². The van der Waals surface area contributed by atoms with E-state index in [0.717, 1.165) is 12.8 Å². The van der Waals surface area contributed by atoms with Crippen LogP contribution in [0.1, 0.15) is 39.5 Å². The van der Waals surface area contributed by atoms with Crippen LogP contribution in [0.5, 0.6) is 0 Å². The summed E-state index contributed by atoms with van der Waals surface area (Å²) < 4.78 is 13.6. The fourth-order valence-electron chi connectivity index (χ4n) is 2.52. The molecule has 1 aromatic heterocycles. The minimum absolute atomic E-state index is 0.0475. The van der Waals surface area contributed by atoms with Gasteiger partial charge >= 0.3 is 0 Å². The molecule has 0 radical (unpaired) electrons. The van der Waals surface area contributed by atoms with Crippen LogP contribution in [-0.2, 0) is 9.59 Å². The fourth-order valence-corrected chi connectivity index (χ4v) is 4.61. The summed E-state index contributed by atoms with van der Waals surface area (Å²) in [6.07, 6.45) is 3.01. The molecule has 2 aromatic rings. The monoisotopic (exact) mass is 408 g/mol. The smallest absolute Gasteiger partial charge is 0.237 e. The van der Waals surface area contributed by atoms with Gasteiger partial charge in [-0.1, -0.05) is 36.9 Å². The maximum atomic E-state index is 13.0. The molecule has 144 valence electrons. The van der Waals surface area contributed by atoms with Gasteiger partial charge in [-0.25, -0.2) is 4.39 Å². The van der Waals surface area contributed by atoms with Crippen LogP contribution in [0.3, 0.4) is 0 Å². The second-order valence-electron chi connectivity index (χ2n) is 6.21. The number of rotatable bonds is 8. The number of nitrogens with one attached hydrogen (secondary N) is 1. The van der Waals surface area contributed by atoms with Gasteiger partial charge in [-0.3, -0.25) is 14.5 Å². The van der Waals surface area contributed by atoms with E-state index >= 15 is 0 Å². The minimum Gasteiger partial charge on any atom is -0.325 e. The van der Waals surface area contributed by atoms with Crippen molar-refractivity contribution in [2.75, 3.05) is 10.2 Å². The lowest BCUT2D eigenvalue weighted by molar-refractivity contribution is -0.118. The zero-order valence-corrected chi connectivity index (χ0v) is 16.8. The molecule has 9 heteroatoms. The molecular formula is C18H21FN4O2S2. The van der Waals surface area contributed by atoms with Gasteiger partial charge in [0, 0.05) is 18.2 Å². The zero-order chi connectivity index (χ0) is 19.4. The van der Waals surface area contributed by atoms with Gasteiger partial charge in [0.05, 0.1) is 5.25 Å². The number of carbonyl (C=O) groups excluding carboxylic acids is 2. The number of carbonyl (C=O) groups is 2. The van der Waals surface area contributed by atoms with Crippen molar-refractivity contribution in [2.24, 2.45) is 0 Å². The van der Waals surface area contributed by atoms with Crippen molar-refractivity contribution in [1.82, 2.24) is 10.2 Å². The van der Waals surface area contributed by atoms with Gasteiger partial charge in [-0.05, 0) is 43.5 Å². The van der Waals surface area contributed by atoms with E-state index in [1.54, 1.807) is 4.90 Å². The van der Waals surface area contributed by atoms with Crippen molar-refractivity contribution in [1.29, 1.82) is 0 Å². The van der Waals surface area contributed by atoms with Gasteiger partial charge in [0.2, 0.25) is 16.9 Å². The van der Waals surface area contributed by atoms with Gasteiger partial charge < -0.3 is 5.32 Å². The van der Waals surface area contributed by atoms with E-state index in [9.17, 15) is 14.0 Å². The standard InChI is InChI=1S/C18H21FN4O2S2/c1-3-14(16(25)20-12-7-5-11(19)6-8-12)26-18-22-21-17(27-18)23(13-9-10-13)15(24)4-2/h5-8,13-14H,3-4,9-10H2,1-2H3,(H,20,25). The van der Waals surface area contributed by atoms with Gasteiger partial charge in [0.15, 0.2) is 4.34 Å². The van der Waals surface area contributed by atoms with Gasteiger partial charge in [0.25, 0.3) is 0 Å². The molecule has 0 saturated heterocycles. The van der Waals surface area contributed by atoms with Gasteiger partial charge in [-0.2, -0.15) is 0 Å². The summed E-state index contributed by atoms with van der Waals surface area (Å²) in [4.78, 5) is 26.4. The molecule has 1 aromatic carbocycles. The van der Waals surface area contributed by atoms with E-state index in [1.165, 1.54) is 47.4 Å². The quantitative estimate of drug-likeness (QED) is 0.526. The first kappa shape index (κ1) is 19.8. The maximum absolute atomic E-state index is 13.0. The number of thioether (sulfide) groups is 1. The van der Waals surface area contributed by atoms with Crippen LogP contribution < -0.4 is 10.2 Å². The predicted molar refractivity (Wildman–Crippen MR) is 106 cm³/mol.